The summed E-state index contributed by atoms with van der Waals surface area (Å²) in [7, 11) is 0. The summed E-state index contributed by atoms with van der Waals surface area (Å²) in [5, 5.41) is 19.3. The van der Waals surface area contributed by atoms with Crippen molar-refractivity contribution in [2.24, 2.45) is 11.8 Å². The van der Waals surface area contributed by atoms with Gasteiger partial charge in [0.05, 0.1) is 11.8 Å². The number of carboxylic acids is 2. The summed E-state index contributed by atoms with van der Waals surface area (Å²) in [5.74, 6) is -3.20. The molecule has 4 nitrogen and oxygen atoms in total. The summed E-state index contributed by atoms with van der Waals surface area (Å²) in [5.41, 5.74) is 2.29. The van der Waals surface area contributed by atoms with Gasteiger partial charge >= 0.3 is 11.9 Å². The largest absolute Gasteiger partial charge is 0.481 e. The van der Waals surface area contributed by atoms with Crippen molar-refractivity contribution in [1.29, 1.82) is 0 Å². The van der Waals surface area contributed by atoms with Crippen molar-refractivity contribution >= 4 is 11.9 Å². The van der Waals surface area contributed by atoms with Crippen LogP contribution in [0.5, 0.6) is 0 Å². The van der Waals surface area contributed by atoms with E-state index in [1.165, 1.54) is 0 Å². The Bertz CT molecular complexity index is 573. The first-order valence-corrected chi connectivity index (χ1v) is 8.17. The van der Waals surface area contributed by atoms with Crippen LogP contribution in [0.25, 0.3) is 0 Å². The molecule has 0 bridgehead atoms. The summed E-state index contributed by atoms with van der Waals surface area (Å²) < 4.78 is 0. The fourth-order valence-corrected chi connectivity index (χ4v) is 3.06. The predicted octanol–water partition coefficient (Wildman–Crippen LogP) is 4.46. The molecule has 0 spiro atoms. The summed E-state index contributed by atoms with van der Waals surface area (Å²) in [4.78, 5) is 23.5. The molecule has 0 radical (unpaired) electrons. The molecule has 2 atom stereocenters. The highest BCUT2D eigenvalue weighted by Crippen LogP contribution is 2.36. The molecule has 0 fully saturated rings. The molecule has 23 heavy (non-hydrogen) atoms. The van der Waals surface area contributed by atoms with Crippen LogP contribution in [-0.4, -0.2) is 22.2 Å². The van der Waals surface area contributed by atoms with Gasteiger partial charge in [-0.25, -0.2) is 0 Å². The van der Waals surface area contributed by atoms with Crippen molar-refractivity contribution in [3.63, 3.8) is 0 Å². The molecule has 1 aromatic rings. The lowest BCUT2D eigenvalue weighted by Crippen LogP contribution is -2.24. The van der Waals surface area contributed by atoms with Gasteiger partial charge in [-0.2, -0.15) is 0 Å². The van der Waals surface area contributed by atoms with Crippen molar-refractivity contribution in [3.8, 4) is 0 Å². The van der Waals surface area contributed by atoms with E-state index >= 15 is 0 Å². The molecule has 0 aliphatic carbocycles. The van der Waals surface area contributed by atoms with Gasteiger partial charge in [0, 0.05) is 0 Å². The van der Waals surface area contributed by atoms with Gasteiger partial charge in [-0.15, -0.1) is 0 Å². The summed E-state index contributed by atoms with van der Waals surface area (Å²) in [6.45, 7) is 11.5. The van der Waals surface area contributed by atoms with Crippen LogP contribution in [0.4, 0.5) is 0 Å². The predicted molar refractivity (Wildman–Crippen MR) is 91.0 cm³/mol. The number of carboxylic acid groups (broad SMARTS) is 2. The molecule has 0 amide bonds. The molecule has 0 aliphatic heterocycles. The quantitative estimate of drug-likeness (QED) is 0.778. The minimum atomic E-state index is -0.911. The average Bonchev–Trinajstić information content (AvgIpc) is 2.38. The van der Waals surface area contributed by atoms with Crippen LogP contribution in [-0.2, 0) is 9.59 Å². The molecule has 0 heterocycles. The van der Waals surface area contributed by atoms with E-state index in [1.807, 2.05) is 59.7 Å². The summed E-state index contributed by atoms with van der Waals surface area (Å²) >= 11 is 0. The van der Waals surface area contributed by atoms with E-state index in [2.05, 4.69) is 0 Å². The Hall–Kier alpha value is -1.84. The molecular formula is C19H28O4. The van der Waals surface area contributed by atoms with Gasteiger partial charge in [-0.05, 0) is 34.4 Å². The first-order chi connectivity index (χ1) is 10.6. The molecule has 128 valence electrons. The van der Waals surface area contributed by atoms with Crippen LogP contribution < -0.4 is 0 Å². The van der Waals surface area contributed by atoms with Crippen molar-refractivity contribution in [3.05, 3.63) is 34.9 Å². The van der Waals surface area contributed by atoms with E-state index < -0.39 is 23.8 Å². The Morgan fingerprint density at radius 1 is 0.783 bits per heavy atom. The zero-order valence-electron chi connectivity index (χ0n) is 14.8. The topological polar surface area (TPSA) is 74.6 Å². The lowest BCUT2D eigenvalue weighted by atomic mass is 9.77. The second-order valence-electron chi connectivity index (χ2n) is 7.16. The number of aliphatic carboxylic acids is 2. The third kappa shape index (κ3) is 4.34. The van der Waals surface area contributed by atoms with E-state index in [9.17, 15) is 19.8 Å². The lowest BCUT2D eigenvalue weighted by molar-refractivity contribution is -0.141. The maximum absolute atomic E-state index is 11.8. The number of hydrogen-bond acceptors (Lipinski definition) is 2. The maximum atomic E-state index is 11.8. The Morgan fingerprint density at radius 3 is 1.57 bits per heavy atom. The van der Waals surface area contributed by atoms with Crippen molar-refractivity contribution < 1.29 is 19.8 Å². The third-order valence-corrected chi connectivity index (χ3v) is 4.31. The maximum Gasteiger partial charge on any atom is 0.311 e. The van der Waals surface area contributed by atoms with Gasteiger partial charge in [-0.3, -0.25) is 9.59 Å². The van der Waals surface area contributed by atoms with Crippen LogP contribution in [0.2, 0.25) is 0 Å². The molecule has 1 aromatic carbocycles. The molecule has 4 heteroatoms. The highest BCUT2D eigenvalue weighted by Gasteiger charge is 2.32. The zero-order valence-corrected chi connectivity index (χ0v) is 14.8. The normalized spacial score (nSPS) is 14.3. The Kier molecular flexibility index (Phi) is 6.37. The number of hydrogen-bond donors (Lipinski definition) is 2. The van der Waals surface area contributed by atoms with Crippen LogP contribution >= 0.6 is 0 Å². The number of rotatable bonds is 7. The van der Waals surface area contributed by atoms with Crippen molar-refractivity contribution in [2.75, 3.05) is 0 Å². The molecule has 2 unspecified atom stereocenters. The smallest absolute Gasteiger partial charge is 0.311 e. The first-order valence-electron chi connectivity index (χ1n) is 8.17. The minimum absolute atomic E-state index is 0.113. The molecule has 0 saturated heterocycles. The highest BCUT2D eigenvalue weighted by molar-refractivity contribution is 5.81. The molecule has 0 saturated carbocycles. The van der Waals surface area contributed by atoms with E-state index in [-0.39, 0.29) is 17.8 Å². The van der Waals surface area contributed by atoms with Crippen LogP contribution in [0, 0.1) is 11.8 Å². The standard InChI is InChI=1S/C19H28O4/c1-10(2)13-7-8-14(16(11(3)4)18(20)21)15(9-13)17(12(5)6)19(22)23/h7-12,16-17H,1-6H3,(H,20,21)(H,22,23). The SMILES string of the molecule is CC(C)c1ccc(C(C(=O)O)C(C)C)c(C(C(=O)O)C(C)C)c1. The lowest BCUT2D eigenvalue weighted by Gasteiger charge is -2.26. The van der Waals surface area contributed by atoms with E-state index in [0.717, 1.165) is 5.56 Å². The van der Waals surface area contributed by atoms with Gasteiger partial charge in [-0.1, -0.05) is 59.7 Å². The Morgan fingerprint density at radius 2 is 1.22 bits per heavy atom. The summed E-state index contributed by atoms with van der Waals surface area (Å²) in [6.07, 6.45) is 0. The Balaban J connectivity index is 3.63. The van der Waals surface area contributed by atoms with E-state index in [4.69, 9.17) is 0 Å². The number of carbonyl (C=O) groups is 2. The molecule has 0 aliphatic rings. The van der Waals surface area contributed by atoms with Gasteiger partial charge in [0.1, 0.15) is 0 Å². The summed E-state index contributed by atoms with van der Waals surface area (Å²) in [6, 6.07) is 5.61. The van der Waals surface area contributed by atoms with Crippen molar-refractivity contribution in [2.45, 2.75) is 59.3 Å². The van der Waals surface area contributed by atoms with Crippen LogP contribution in [0.3, 0.4) is 0 Å². The van der Waals surface area contributed by atoms with E-state index in [1.54, 1.807) is 0 Å². The second-order valence-corrected chi connectivity index (χ2v) is 7.16. The molecule has 1 rings (SSSR count). The van der Waals surface area contributed by atoms with Crippen LogP contribution in [0.1, 0.15) is 76.0 Å². The van der Waals surface area contributed by atoms with E-state index in [0.29, 0.717) is 11.1 Å². The average molecular weight is 320 g/mol. The number of benzene rings is 1. The molecule has 2 N–H and O–H groups in total. The first kappa shape index (κ1) is 19.2. The zero-order chi connectivity index (χ0) is 17.9. The molecular weight excluding hydrogens is 292 g/mol. The van der Waals surface area contributed by atoms with Gasteiger partial charge < -0.3 is 10.2 Å². The fourth-order valence-electron chi connectivity index (χ4n) is 3.06. The fraction of sp³-hybridized carbons (Fsp3) is 0.579. The van der Waals surface area contributed by atoms with Crippen LogP contribution in [0.15, 0.2) is 18.2 Å². The minimum Gasteiger partial charge on any atom is -0.481 e. The van der Waals surface area contributed by atoms with Crippen molar-refractivity contribution in [1.82, 2.24) is 0 Å². The van der Waals surface area contributed by atoms with Gasteiger partial charge in [0.2, 0.25) is 0 Å². The Labute approximate surface area is 138 Å². The van der Waals surface area contributed by atoms with Gasteiger partial charge in [0.25, 0.3) is 0 Å². The monoisotopic (exact) mass is 320 g/mol. The van der Waals surface area contributed by atoms with Gasteiger partial charge in [0.15, 0.2) is 0 Å². The highest BCUT2D eigenvalue weighted by atomic mass is 16.4. The second kappa shape index (κ2) is 7.62. The molecule has 0 aromatic heterocycles. The third-order valence-electron chi connectivity index (χ3n) is 4.31.